The van der Waals surface area contributed by atoms with Gasteiger partial charge in [-0.1, -0.05) is 60.7 Å². The van der Waals surface area contributed by atoms with Crippen LogP contribution in [0.4, 0.5) is 5.82 Å². The Bertz CT molecular complexity index is 1380. The molecule has 1 N–H and O–H groups in total. The predicted molar refractivity (Wildman–Crippen MR) is 138 cm³/mol. The molecule has 2 aromatic carbocycles. The van der Waals surface area contributed by atoms with Crippen molar-refractivity contribution in [1.82, 2.24) is 14.7 Å². The van der Waals surface area contributed by atoms with Crippen molar-refractivity contribution in [2.45, 2.75) is 32.7 Å². The van der Waals surface area contributed by atoms with Gasteiger partial charge in [0.15, 0.2) is 0 Å². The van der Waals surface area contributed by atoms with Gasteiger partial charge in [-0.25, -0.2) is 13.4 Å². The van der Waals surface area contributed by atoms with Crippen LogP contribution in [0, 0.1) is 0 Å². The molecule has 186 valence electrons. The quantitative estimate of drug-likeness (QED) is 0.376. The van der Waals surface area contributed by atoms with Crippen LogP contribution in [0.5, 0.6) is 0 Å². The summed E-state index contributed by atoms with van der Waals surface area (Å²) in [6.45, 7) is -0.0172. The summed E-state index contributed by atoms with van der Waals surface area (Å²) in [5.74, 6) is -0.738. The first kappa shape index (κ1) is 21.0. The fraction of sp³-hybridized carbons (Fsp3) is 0.346. The molecular formula is C26H32N4O4S. The Kier molecular flexibility index (Phi) is 7.46. The van der Waals surface area contributed by atoms with Crippen molar-refractivity contribution in [3.8, 4) is 22.5 Å². The molecule has 0 bridgehead atoms. The Hall–Kier alpha value is -3.30. The summed E-state index contributed by atoms with van der Waals surface area (Å²) in [6.07, 6.45) is -0.584. The lowest BCUT2D eigenvalue weighted by Crippen LogP contribution is -2.33. The zero-order valence-electron chi connectivity index (χ0n) is 23.9. The second-order valence-corrected chi connectivity index (χ2v) is 9.76. The lowest BCUT2D eigenvalue weighted by Gasteiger charge is -2.28. The Morgan fingerprint density at radius 1 is 1.06 bits per heavy atom. The van der Waals surface area contributed by atoms with E-state index in [0.29, 0.717) is 11.4 Å². The Morgan fingerprint density at radius 2 is 1.66 bits per heavy atom. The lowest BCUT2D eigenvalue weighted by atomic mass is 10.0. The van der Waals surface area contributed by atoms with Gasteiger partial charge in [-0.05, 0) is 26.6 Å². The van der Waals surface area contributed by atoms with Crippen LogP contribution in [0.3, 0.4) is 0 Å². The number of anilines is 1. The zero-order valence-corrected chi connectivity index (χ0v) is 20.7. The summed E-state index contributed by atoms with van der Waals surface area (Å²) < 4.78 is 63.9. The summed E-state index contributed by atoms with van der Waals surface area (Å²) in [5, 5.41) is 0. The molecule has 1 amide bonds. The monoisotopic (exact) mass is 500 g/mol. The molecule has 0 radical (unpaired) electrons. The van der Waals surface area contributed by atoms with Crippen LogP contribution in [0.15, 0.2) is 66.9 Å². The molecule has 0 saturated carbocycles. The number of carbonyl (C=O) groups excluding carboxylic acids is 1. The van der Waals surface area contributed by atoms with Gasteiger partial charge in [0.25, 0.3) is 5.91 Å². The summed E-state index contributed by atoms with van der Waals surface area (Å²) in [7, 11) is -3.74. The highest BCUT2D eigenvalue weighted by molar-refractivity contribution is 7.89. The molecule has 1 aromatic heterocycles. The van der Waals surface area contributed by atoms with E-state index >= 15 is 0 Å². The van der Waals surface area contributed by atoms with E-state index in [1.807, 2.05) is 60.7 Å². The van der Waals surface area contributed by atoms with Gasteiger partial charge in [0.05, 0.1) is 23.8 Å². The van der Waals surface area contributed by atoms with E-state index in [2.05, 4.69) is 4.98 Å². The van der Waals surface area contributed by atoms with Gasteiger partial charge in [-0.15, -0.1) is 0 Å². The average molecular weight is 501 g/mol. The number of amides is 1. The van der Waals surface area contributed by atoms with Gasteiger partial charge in [0.2, 0.25) is 10.0 Å². The number of nitrogens with zero attached hydrogens (tertiary/aromatic N) is 3. The number of ether oxygens (including phenoxy) is 1. The number of hydrogen-bond donors (Lipinski definition) is 1. The number of hydrogen-bond acceptors (Lipinski definition) is 7. The molecule has 0 aliphatic rings. The molecule has 1 heterocycles. The Labute approximate surface area is 213 Å². The third-order valence-electron chi connectivity index (χ3n) is 4.72. The van der Waals surface area contributed by atoms with E-state index in [9.17, 15) is 13.2 Å². The maximum absolute atomic E-state index is 11.6. The molecule has 3 rings (SSSR count). The van der Waals surface area contributed by atoms with Gasteiger partial charge in [-0.3, -0.25) is 14.5 Å². The smallest absolute Gasteiger partial charge is 0.259 e. The lowest BCUT2D eigenvalue weighted by molar-refractivity contribution is -0.123. The second kappa shape index (κ2) is 12.4. The number of sulfonamides is 1. The van der Waals surface area contributed by atoms with Gasteiger partial charge >= 0.3 is 0 Å². The first-order chi connectivity index (χ1) is 18.2. The molecule has 9 heteroatoms. The number of aromatic nitrogens is 2. The Morgan fingerprint density at radius 3 is 2.23 bits per heavy atom. The van der Waals surface area contributed by atoms with Crippen molar-refractivity contribution < 1.29 is 23.4 Å². The molecule has 0 aliphatic heterocycles. The van der Waals surface area contributed by atoms with Crippen molar-refractivity contribution in [2.75, 3.05) is 30.9 Å². The maximum atomic E-state index is 11.6. The highest BCUT2D eigenvalue weighted by Gasteiger charge is 2.17. The van der Waals surface area contributed by atoms with E-state index in [0.717, 1.165) is 17.4 Å². The summed E-state index contributed by atoms with van der Waals surface area (Å²) in [5.41, 5.74) is 2.75. The number of carbonyl (C=O) groups is 1. The van der Waals surface area contributed by atoms with Crippen molar-refractivity contribution in [2.24, 2.45) is 0 Å². The molecule has 0 saturated heterocycles. The molecule has 0 spiro atoms. The predicted octanol–water partition coefficient (Wildman–Crippen LogP) is 3.90. The third-order valence-corrected chi connectivity index (χ3v) is 5.32. The molecule has 0 atom stereocenters. The number of benzene rings is 2. The van der Waals surface area contributed by atoms with E-state index < -0.39 is 47.9 Å². The van der Waals surface area contributed by atoms with E-state index in [-0.39, 0.29) is 12.4 Å². The summed E-state index contributed by atoms with van der Waals surface area (Å²) in [6, 6.07) is 18.4. The van der Waals surface area contributed by atoms with E-state index in [4.69, 9.17) is 15.2 Å². The number of nitrogens with one attached hydrogen (secondary N) is 1. The van der Waals surface area contributed by atoms with Crippen LogP contribution in [-0.2, 0) is 19.6 Å². The highest BCUT2D eigenvalue weighted by Crippen LogP contribution is 2.30. The molecule has 8 nitrogen and oxygen atoms in total. The highest BCUT2D eigenvalue weighted by atomic mass is 32.2. The summed E-state index contributed by atoms with van der Waals surface area (Å²) >= 11 is 0. The first-order valence-electron chi connectivity index (χ1n) is 13.1. The van der Waals surface area contributed by atoms with Crippen LogP contribution in [-0.4, -0.2) is 56.3 Å². The third kappa shape index (κ3) is 8.15. The van der Waals surface area contributed by atoms with Crippen LogP contribution in [0.1, 0.15) is 32.1 Å². The topological polar surface area (TPSA) is 101 Å². The minimum atomic E-state index is -3.74. The van der Waals surface area contributed by atoms with E-state index in [1.165, 1.54) is 11.1 Å². The molecule has 35 heavy (non-hydrogen) atoms. The van der Waals surface area contributed by atoms with E-state index in [1.54, 1.807) is 18.6 Å². The molecule has 3 aromatic rings. The average Bonchev–Trinajstić information content (AvgIpc) is 2.86. The van der Waals surface area contributed by atoms with Crippen LogP contribution >= 0.6 is 0 Å². The minimum Gasteiger partial charge on any atom is -0.372 e. The molecule has 0 fully saturated rings. The largest absolute Gasteiger partial charge is 0.372 e. The van der Waals surface area contributed by atoms with Gasteiger partial charge in [-0.2, -0.15) is 0 Å². The fourth-order valence-electron chi connectivity index (χ4n) is 3.22. The SMILES string of the molecule is [2H]C([2H])(CCOCC(=O)NS(C)(=O)=O)C([2H])([2H])N(c1cnc(-c2ccccc2)c(-c2ccccc2)n1)C(C)C. The van der Waals surface area contributed by atoms with Gasteiger partial charge in [0, 0.05) is 35.8 Å². The van der Waals surface area contributed by atoms with Crippen LogP contribution in [0.2, 0.25) is 0 Å². The molecular weight excluding hydrogens is 464 g/mol. The minimum absolute atomic E-state index is 0.158. The standard InChI is InChI=1S/C26H32N4O4S/c1-20(2)30(16-10-11-17-34-19-24(31)29-35(3,32)33)23-18-27-25(21-12-6-4-7-13-21)26(28-23)22-14-8-5-9-15-22/h4-9,12-15,18,20H,10-11,16-17,19H2,1-3H3,(H,29,31)/i10D2,16D2. The van der Waals surface area contributed by atoms with Crippen molar-refractivity contribution in [3.63, 3.8) is 0 Å². The van der Waals surface area contributed by atoms with Gasteiger partial charge in [0.1, 0.15) is 12.4 Å². The first-order valence-corrected chi connectivity index (χ1v) is 13.0. The maximum Gasteiger partial charge on any atom is 0.259 e. The normalized spacial score (nSPS) is 13.9. The molecule has 0 unspecified atom stereocenters. The van der Waals surface area contributed by atoms with Crippen LogP contribution < -0.4 is 9.62 Å². The number of rotatable bonds is 12. The van der Waals surface area contributed by atoms with Crippen molar-refractivity contribution in [1.29, 1.82) is 0 Å². The van der Waals surface area contributed by atoms with Gasteiger partial charge < -0.3 is 9.64 Å². The second-order valence-electron chi connectivity index (χ2n) is 8.01. The molecule has 0 aliphatic carbocycles. The zero-order chi connectivity index (χ0) is 28.8. The Balaban J connectivity index is 1.91. The van der Waals surface area contributed by atoms with Crippen LogP contribution in [0.25, 0.3) is 22.5 Å². The van der Waals surface area contributed by atoms with Crippen molar-refractivity contribution in [3.05, 3.63) is 66.9 Å². The summed E-state index contributed by atoms with van der Waals surface area (Å²) in [4.78, 5) is 22.3. The van der Waals surface area contributed by atoms with Crippen molar-refractivity contribution >= 4 is 21.7 Å². The fourth-order valence-corrected chi connectivity index (χ4v) is 3.69.